The molecule has 0 bridgehead atoms. The average molecular weight is 316 g/mol. The van der Waals surface area contributed by atoms with E-state index < -0.39 is 0 Å². The summed E-state index contributed by atoms with van der Waals surface area (Å²) in [5.74, 6) is -0.0427. The number of aliphatic hydroxyl groups is 1. The van der Waals surface area contributed by atoms with E-state index in [1.165, 1.54) is 0 Å². The van der Waals surface area contributed by atoms with E-state index in [-0.39, 0.29) is 12.5 Å². The highest BCUT2D eigenvalue weighted by molar-refractivity contribution is 9.10. The lowest BCUT2D eigenvalue weighted by molar-refractivity contribution is -0.116. The lowest BCUT2D eigenvalue weighted by Gasteiger charge is -2.12. The number of anilines is 1. The molecule has 0 spiro atoms. The summed E-state index contributed by atoms with van der Waals surface area (Å²) in [4.78, 5) is 11.7. The summed E-state index contributed by atoms with van der Waals surface area (Å²) < 4.78 is 6.03. The molecule has 0 saturated carbocycles. The largest absolute Gasteiger partial charge is 0.396 e. The predicted octanol–water partition coefficient (Wildman–Crippen LogP) is 2.70. The van der Waals surface area contributed by atoms with Crippen molar-refractivity contribution in [2.45, 2.75) is 25.9 Å². The van der Waals surface area contributed by atoms with Gasteiger partial charge < -0.3 is 15.2 Å². The van der Waals surface area contributed by atoms with Crippen molar-refractivity contribution in [1.82, 2.24) is 0 Å². The Morgan fingerprint density at radius 3 is 2.89 bits per heavy atom. The fourth-order valence-corrected chi connectivity index (χ4v) is 2.06. The molecule has 1 aromatic rings. The third-order valence-electron chi connectivity index (χ3n) is 2.49. The van der Waals surface area contributed by atoms with E-state index in [9.17, 15) is 4.79 Å². The van der Waals surface area contributed by atoms with Gasteiger partial charge in [0, 0.05) is 35.9 Å². The monoisotopic (exact) mass is 315 g/mol. The lowest BCUT2D eigenvalue weighted by Crippen LogP contribution is -2.13. The number of amides is 1. The van der Waals surface area contributed by atoms with Crippen LogP contribution in [0.15, 0.2) is 22.7 Å². The molecule has 0 aliphatic rings. The quantitative estimate of drug-likeness (QED) is 0.761. The third kappa shape index (κ3) is 4.76. The van der Waals surface area contributed by atoms with E-state index in [2.05, 4.69) is 21.2 Å². The van der Waals surface area contributed by atoms with Crippen molar-refractivity contribution in [2.75, 3.05) is 19.0 Å². The SMILES string of the molecule is COCc1c(Br)cccc1NC(=O)CCCCO. The zero-order chi connectivity index (χ0) is 13.4. The molecular formula is C13H18BrNO3. The van der Waals surface area contributed by atoms with Crippen molar-refractivity contribution in [2.24, 2.45) is 0 Å². The van der Waals surface area contributed by atoms with E-state index in [4.69, 9.17) is 9.84 Å². The number of nitrogens with one attached hydrogen (secondary N) is 1. The maximum atomic E-state index is 11.7. The van der Waals surface area contributed by atoms with Crippen LogP contribution in [0, 0.1) is 0 Å². The van der Waals surface area contributed by atoms with Gasteiger partial charge in [0.15, 0.2) is 0 Å². The van der Waals surface area contributed by atoms with Crippen LogP contribution < -0.4 is 5.32 Å². The third-order valence-corrected chi connectivity index (χ3v) is 3.24. The molecule has 0 radical (unpaired) electrons. The highest BCUT2D eigenvalue weighted by Crippen LogP contribution is 2.25. The van der Waals surface area contributed by atoms with Gasteiger partial charge in [-0.2, -0.15) is 0 Å². The Balaban J connectivity index is 2.65. The van der Waals surface area contributed by atoms with Crippen molar-refractivity contribution in [3.8, 4) is 0 Å². The van der Waals surface area contributed by atoms with E-state index in [0.29, 0.717) is 25.9 Å². The number of benzene rings is 1. The first-order chi connectivity index (χ1) is 8.69. The Bertz CT molecular complexity index is 396. The zero-order valence-electron chi connectivity index (χ0n) is 10.4. The van der Waals surface area contributed by atoms with Crippen LogP contribution in [0.25, 0.3) is 0 Å². The van der Waals surface area contributed by atoms with Crippen LogP contribution in [0.3, 0.4) is 0 Å². The second-order valence-electron chi connectivity index (χ2n) is 3.93. The minimum Gasteiger partial charge on any atom is -0.396 e. The highest BCUT2D eigenvalue weighted by atomic mass is 79.9. The molecule has 18 heavy (non-hydrogen) atoms. The van der Waals surface area contributed by atoms with E-state index in [1.807, 2.05) is 18.2 Å². The van der Waals surface area contributed by atoms with Gasteiger partial charge in [-0.05, 0) is 25.0 Å². The molecule has 0 aromatic heterocycles. The topological polar surface area (TPSA) is 58.6 Å². The van der Waals surface area contributed by atoms with Crippen LogP contribution in [0.1, 0.15) is 24.8 Å². The number of hydrogen-bond acceptors (Lipinski definition) is 3. The Morgan fingerprint density at radius 2 is 2.22 bits per heavy atom. The molecule has 2 N–H and O–H groups in total. The molecule has 100 valence electrons. The molecule has 0 unspecified atom stereocenters. The summed E-state index contributed by atoms with van der Waals surface area (Å²) in [7, 11) is 1.62. The van der Waals surface area contributed by atoms with E-state index in [1.54, 1.807) is 7.11 Å². The van der Waals surface area contributed by atoms with Gasteiger partial charge in [0.2, 0.25) is 5.91 Å². The second-order valence-corrected chi connectivity index (χ2v) is 4.78. The molecule has 1 aromatic carbocycles. The van der Waals surface area contributed by atoms with Gasteiger partial charge in [-0.15, -0.1) is 0 Å². The number of rotatable bonds is 7. The first-order valence-electron chi connectivity index (χ1n) is 5.86. The number of carbonyl (C=O) groups is 1. The smallest absolute Gasteiger partial charge is 0.224 e. The van der Waals surface area contributed by atoms with Crippen LogP contribution >= 0.6 is 15.9 Å². The average Bonchev–Trinajstić information content (AvgIpc) is 2.34. The molecule has 0 saturated heterocycles. The minimum absolute atomic E-state index is 0.0427. The Hall–Kier alpha value is -0.910. The second kappa shape index (κ2) is 8.24. The molecule has 0 fully saturated rings. The van der Waals surface area contributed by atoms with Crippen molar-refractivity contribution < 1.29 is 14.6 Å². The first-order valence-corrected chi connectivity index (χ1v) is 6.65. The van der Waals surface area contributed by atoms with Gasteiger partial charge in [-0.25, -0.2) is 0 Å². The van der Waals surface area contributed by atoms with E-state index in [0.717, 1.165) is 15.7 Å². The molecule has 1 rings (SSSR count). The van der Waals surface area contributed by atoms with Crippen LogP contribution in [-0.4, -0.2) is 24.7 Å². The van der Waals surface area contributed by atoms with Crippen molar-refractivity contribution >= 4 is 27.5 Å². The maximum Gasteiger partial charge on any atom is 0.224 e. The van der Waals surface area contributed by atoms with Crippen molar-refractivity contribution in [3.63, 3.8) is 0 Å². The number of halogens is 1. The number of hydrogen-bond donors (Lipinski definition) is 2. The van der Waals surface area contributed by atoms with Gasteiger partial charge in [-0.3, -0.25) is 4.79 Å². The normalized spacial score (nSPS) is 10.4. The van der Waals surface area contributed by atoms with Crippen molar-refractivity contribution in [3.05, 3.63) is 28.2 Å². The Morgan fingerprint density at radius 1 is 1.44 bits per heavy atom. The zero-order valence-corrected chi connectivity index (χ0v) is 12.0. The molecule has 0 atom stereocenters. The lowest BCUT2D eigenvalue weighted by atomic mass is 10.1. The molecule has 5 heteroatoms. The van der Waals surface area contributed by atoms with Gasteiger partial charge >= 0.3 is 0 Å². The van der Waals surface area contributed by atoms with E-state index >= 15 is 0 Å². The standard InChI is InChI=1S/C13H18BrNO3/c1-18-9-10-11(14)5-4-6-12(10)15-13(17)7-2-3-8-16/h4-6,16H,2-3,7-9H2,1H3,(H,15,17). The van der Waals surface area contributed by atoms with Crippen molar-refractivity contribution in [1.29, 1.82) is 0 Å². The highest BCUT2D eigenvalue weighted by Gasteiger charge is 2.09. The number of carbonyl (C=O) groups excluding carboxylic acids is 1. The van der Waals surface area contributed by atoms with Gasteiger partial charge in [0.25, 0.3) is 0 Å². The molecular weight excluding hydrogens is 298 g/mol. The van der Waals surface area contributed by atoms with Gasteiger partial charge in [0.1, 0.15) is 0 Å². The Kier molecular flexibility index (Phi) is 6.93. The van der Waals surface area contributed by atoms with Crippen LogP contribution in [0.4, 0.5) is 5.69 Å². The minimum atomic E-state index is -0.0427. The number of unbranched alkanes of at least 4 members (excludes halogenated alkanes) is 1. The Labute approximate surface area is 115 Å². The molecule has 0 aliphatic heterocycles. The first kappa shape index (κ1) is 15.1. The summed E-state index contributed by atoms with van der Waals surface area (Å²) >= 11 is 3.44. The molecule has 1 amide bonds. The number of ether oxygens (including phenoxy) is 1. The predicted molar refractivity (Wildman–Crippen MR) is 74.4 cm³/mol. The summed E-state index contributed by atoms with van der Waals surface area (Å²) in [5, 5.41) is 11.5. The number of aliphatic hydroxyl groups excluding tert-OH is 1. The van der Waals surface area contributed by atoms with Gasteiger partial charge in [-0.1, -0.05) is 22.0 Å². The maximum absolute atomic E-state index is 11.7. The summed E-state index contributed by atoms with van der Waals surface area (Å²) in [6.45, 7) is 0.562. The molecule has 0 aliphatic carbocycles. The van der Waals surface area contributed by atoms with Crippen LogP contribution in [-0.2, 0) is 16.1 Å². The number of methoxy groups -OCH3 is 1. The van der Waals surface area contributed by atoms with Crippen LogP contribution in [0.2, 0.25) is 0 Å². The molecule has 0 heterocycles. The molecule has 4 nitrogen and oxygen atoms in total. The summed E-state index contributed by atoms with van der Waals surface area (Å²) in [6, 6.07) is 5.63. The van der Waals surface area contributed by atoms with Crippen LogP contribution in [0.5, 0.6) is 0 Å². The van der Waals surface area contributed by atoms with Gasteiger partial charge in [0.05, 0.1) is 6.61 Å². The summed E-state index contributed by atoms with van der Waals surface area (Å²) in [6.07, 6.45) is 1.76. The fraction of sp³-hybridized carbons (Fsp3) is 0.462. The fourth-order valence-electron chi connectivity index (χ4n) is 1.58. The summed E-state index contributed by atoms with van der Waals surface area (Å²) in [5.41, 5.74) is 1.69.